The summed E-state index contributed by atoms with van der Waals surface area (Å²) in [6.07, 6.45) is 0.494. The van der Waals surface area contributed by atoms with Crippen molar-refractivity contribution < 1.29 is 22.7 Å². The lowest BCUT2D eigenvalue weighted by Crippen LogP contribution is -2.47. The molecule has 2 N–H and O–H groups in total. The minimum Gasteiger partial charge on any atom is -0.497 e. The summed E-state index contributed by atoms with van der Waals surface area (Å²) in [5.41, 5.74) is 3.87. The number of hydrogen-bond donors (Lipinski definition) is 1. The second-order valence-electron chi connectivity index (χ2n) is 9.33. The largest absolute Gasteiger partial charge is 0.497 e. The number of nitrogens with two attached hydrogens (primary N) is 1. The Labute approximate surface area is 217 Å². The van der Waals surface area contributed by atoms with Gasteiger partial charge in [0.15, 0.2) is 0 Å². The fraction of sp³-hybridized carbons (Fsp3) is 0.286. The maximum atomic E-state index is 13.6. The van der Waals surface area contributed by atoms with Gasteiger partial charge in [-0.25, -0.2) is 13.6 Å². The van der Waals surface area contributed by atoms with Crippen LogP contribution >= 0.6 is 0 Å². The molecule has 0 radical (unpaired) electrons. The molecule has 0 bridgehead atoms. The van der Waals surface area contributed by atoms with E-state index in [-0.39, 0.29) is 28.8 Å². The van der Waals surface area contributed by atoms with Crippen LogP contribution in [0.1, 0.15) is 53.4 Å². The lowest BCUT2D eigenvalue weighted by atomic mass is 9.89. The number of methoxy groups -OCH3 is 1. The first kappa shape index (κ1) is 26.4. The Hall–Kier alpha value is -3.69. The molecular weight excluding hydrogens is 490 g/mol. The number of ether oxygens (including phenoxy) is 1. The quantitative estimate of drug-likeness (QED) is 0.532. The molecule has 9 heteroatoms. The lowest BCUT2D eigenvalue weighted by molar-refractivity contribution is -0.117. The Bertz CT molecular complexity index is 1470. The van der Waals surface area contributed by atoms with Gasteiger partial charge in [-0.2, -0.15) is 0 Å². The van der Waals surface area contributed by atoms with Gasteiger partial charge in [0.25, 0.3) is 5.91 Å². The Morgan fingerprint density at radius 3 is 2.24 bits per heavy atom. The number of amides is 2. The molecule has 0 spiro atoms. The number of fused-ring (bicyclic) bond motifs is 1. The molecule has 37 heavy (non-hydrogen) atoms. The highest BCUT2D eigenvalue weighted by atomic mass is 32.2. The number of benzene rings is 3. The number of carbonyl (C=O) groups is 2. The van der Waals surface area contributed by atoms with Gasteiger partial charge in [-0.3, -0.25) is 9.59 Å². The number of para-hydroxylation sites is 1. The summed E-state index contributed by atoms with van der Waals surface area (Å²) < 4.78 is 29.3. The summed E-state index contributed by atoms with van der Waals surface area (Å²) in [6.45, 7) is 6.92. The molecule has 3 aromatic rings. The van der Waals surface area contributed by atoms with E-state index in [0.29, 0.717) is 34.5 Å². The van der Waals surface area contributed by atoms with Crippen molar-refractivity contribution in [3.05, 3.63) is 82.9 Å². The van der Waals surface area contributed by atoms with Gasteiger partial charge in [0.1, 0.15) is 5.75 Å². The maximum Gasteiger partial charge on any atom is 0.258 e. The Kier molecular flexibility index (Phi) is 7.12. The predicted molar refractivity (Wildman–Crippen MR) is 144 cm³/mol. The standard InChI is InChI=1S/C28H31N3O5S/c1-17-16-26(31(20(4)32)24-14-15-27(37(29,34)35)19(3)18(24)2)23-8-6-7-9-25(23)30(17)28(33)21-10-12-22(36-5)13-11-21/h6-15,17,26H,16H2,1-5H3,(H2,29,34,35). The van der Waals surface area contributed by atoms with E-state index in [9.17, 15) is 18.0 Å². The number of primary sulfonamides is 1. The van der Waals surface area contributed by atoms with Crippen LogP contribution in [0.4, 0.5) is 11.4 Å². The summed E-state index contributed by atoms with van der Waals surface area (Å²) >= 11 is 0. The first-order chi connectivity index (χ1) is 17.5. The van der Waals surface area contributed by atoms with E-state index in [4.69, 9.17) is 9.88 Å². The Balaban J connectivity index is 1.80. The van der Waals surface area contributed by atoms with E-state index in [2.05, 4.69) is 0 Å². The smallest absolute Gasteiger partial charge is 0.258 e. The zero-order valence-corrected chi connectivity index (χ0v) is 22.4. The van der Waals surface area contributed by atoms with Crippen molar-refractivity contribution in [3.63, 3.8) is 0 Å². The van der Waals surface area contributed by atoms with Crippen LogP contribution in [0.3, 0.4) is 0 Å². The summed E-state index contributed by atoms with van der Waals surface area (Å²) in [5, 5.41) is 5.39. The fourth-order valence-electron chi connectivity index (χ4n) is 5.12. The summed E-state index contributed by atoms with van der Waals surface area (Å²) in [5.74, 6) is 0.340. The molecule has 0 saturated heterocycles. The average Bonchev–Trinajstić information content (AvgIpc) is 2.85. The molecule has 1 aliphatic heterocycles. The molecule has 0 fully saturated rings. The molecule has 2 unspecified atom stereocenters. The van der Waals surface area contributed by atoms with Gasteiger partial charge in [-0.05, 0) is 86.3 Å². The second-order valence-corrected chi connectivity index (χ2v) is 10.9. The van der Waals surface area contributed by atoms with Gasteiger partial charge < -0.3 is 14.5 Å². The van der Waals surface area contributed by atoms with Crippen LogP contribution in [0, 0.1) is 13.8 Å². The van der Waals surface area contributed by atoms with Crippen LogP contribution in [0.15, 0.2) is 65.6 Å². The third kappa shape index (κ3) is 4.84. The van der Waals surface area contributed by atoms with E-state index in [0.717, 1.165) is 11.3 Å². The summed E-state index contributed by atoms with van der Waals surface area (Å²) in [7, 11) is -2.33. The minimum atomic E-state index is -3.90. The molecule has 4 rings (SSSR count). The van der Waals surface area contributed by atoms with Gasteiger partial charge in [0, 0.05) is 29.9 Å². The van der Waals surface area contributed by atoms with E-state index in [1.54, 1.807) is 61.1 Å². The first-order valence-corrected chi connectivity index (χ1v) is 13.5. The van der Waals surface area contributed by atoms with E-state index in [1.807, 2.05) is 31.2 Å². The zero-order valence-electron chi connectivity index (χ0n) is 21.6. The monoisotopic (exact) mass is 521 g/mol. The molecular formula is C28H31N3O5S. The molecule has 0 aromatic heterocycles. The van der Waals surface area contributed by atoms with Crippen LogP contribution < -0.4 is 19.7 Å². The molecule has 3 aromatic carbocycles. The highest BCUT2D eigenvalue weighted by Gasteiger charge is 2.38. The summed E-state index contributed by atoms with van der Waals surface area (Å²) in [6, 6.07) is 17.1. The fourth-order valence-corrected chi connectivity index (χ4v) is 5.95. The first-order valence-electron chi connectivity index (χ1n) is 11.9. The molecule has 2 atom stereocenters. The Morgan fingerprint density at radius 2 is 1.65 bits per heavy atom. The van der Waals surface area contributed by atoms with Crippen LogP contribution in [0.2, 0.25) is 0 Å². The number of rotatable bonds is 5. The van der Waals surface area contributed by atoms with Crippen LogP contribution in [-0.2, 0) is 14.8 Å². The number of anilines is 2. The van der Waals surface area contributed by atoms with Crippen molar-refractivity contribution >= 4 is 33.2 Å². The van der Waals surface area contributed by atoms with Crippen molar-refractivity contribution in [1.82, 2.24) is 0 Å². The highest BCUT2D eigenvalue weighted by molar-refractivity contribution is 7.89. The van der Waals surface area contributed by atoms with Crippen molar-refractivity contribution in [2.45, 2.75) is 51.1 Å². The van der Waals surface area contributed by atoms with E-state index in [1.165, 1.54) is 13.0 Å². The van der Waals surface area contributed by atoms with Gasteiger partial charge in [0.2, 0.25) is 15.9 Å². The highest BCUT2D eigenvalue weighted by Crippen LogP contribution is 2.44. The zero-order chi connectivity index (χ0) is 27.1. The van der Waals surface area contributed by atoms with E-state index < -0.39 is 10.0 Å². The van der Waals surface area contributed by atoms with Crippen LogP contribution in [0.5, 0.6) is 5.75 Å². The molecule has 8 nitrogen and oxygen atoms in total. The van der Waals surface area contributed by atoms with Gasteiger partial charge >= 0.3 is 0 Å². The van der Waals surface area contributed by atoms with Gasteiger partial charge in [-0.15, -0.1) is 0 Å². The molecule has 1 aliphatic rings. The van der Waals surface area contributed by atoms with Crippen LogP contribution in [-0.4, -0.2) is 33.4 Å². The van der Waals surface area contributed by atoms with Crippen molar-refractivity contribution in [2.24, 2.45) is 5.14 Å². The summed E-state index contributed by atoms with van der Waals surface area (Å²) in [4.78, 5) is 30.2. The van der Waals surface area contributed by atoms with E-state index >= 15 is 0 Å². The van der Waals surface area contributed by atoms with Crippen LogP contribution in [0.25, 0.3) is 0 Å². The number of sulfonamides is 1. The third-order valence-electron chi connectivity index (χ3n) is 7.04. The minimum absolute atomic E-state index is 0.0333. The molecule has 194 valence electrons. The van der Waals surface area contributed by atoms with Gasteiger partial charge in [0.05, 0.1) is 18.0 Å². The molecule has 1 heterocycles. The molecule has 0 aliphatic carbocycles. The number of hydrogen-bond acceptors (Lipinski definition) is 5. The second kappa shape index (κ2) is 9.99. The normalized spacial score (nSPS) is 17.2. The maximum absolute atomic E-state index is 13.6. The predicted octanol–water partition coefficient (Wildman–Crippen LogP) is 4.49. The third-order valence-corrected chi connectivity index (χ3v) is 8.10. The molecule has 0 saturated carbocycles. The topological polar surface area (TPSA) is 110 Å². The van der Waals surface area contributed by atoms with Crippen molar-refractivity contribution in [2.75, 3.05) is 16.9 Å². The lowest BCUT2D eigenvalue weighted by Gasteiger charge is -2.43. The molecule has 2 amide bonds. The number of carbonyl (C=O) groups excluding carboxylic acids is 2. The SMILES string of the molecule is COc1ccc(C(=O)N2c3ccccc3C(N(C(C)=O)c3ccc(S(N)(=O)=O)c(C)c3C)CC2C)cc1. The Morgan fingerprint density at radius 1 is 1.00 bits per heavy atom. The van der Waals surface area contributed by atoms with Crippen molar-refractivity contribution in [1.29, 1.82) is 0 Å². The van der Waals surface area contributed by atoms with Crippen molar-refractivity contribution in [3.8, 4) is 5.75 Å². The van der Waals surface area contributed by atoms with Gasteiger partial charge in [-0.1, -0.05) is 18.2 Å². The average molecular weight is 522 g/mol. The number of nitrogens with zero attached hydrogens (tertiary/aromatic N) is 2.